The van der Waals surface area contributed by atoms with Gasteiger partial charge >= 0.3 is 0 Å². The predicted octanol–water partition coefficient (Wildman–Crippen LogP) is 5.45. The van der Waals surface area contributed by atoms with Gasteiger partial charge in [-0.1, -0.05) is 42.1 Å². The summed E-state index contributed by atoms with van der Waals surface area (Å²) in [4.78, 5) is 23.3. The van der Waals surface area contributed by atoms with E-state index >= 15 is 0 Å². The lowest BCUT2D eigenvalue weighted by Crippen LogP contribution is -2.34. The van der Waals surface area contributed by atoms with Crippen LogP contribution < -0.4 is 20.1 Å². The quantitative estimate of drug-likeness (QED) is 0.190. The van der Waals surface area contributed by atoms with E-state index in [0.29, 0.717) is 23.7 Å². The Labute approximate surface area is 194 Å². The first-order chi connectivity index (χ1) is 14.8. The van der Waals surface area contributed by atoms with E-state index in [0.717, 1.165) is 30.2 Å². The number of ether oxygens (including phenoxy) is 2. The van der Waals surface area contributed by atoms with Crippen molar-refractivity contribution >= 4 is 50.5 Å². The van der Waals surface area contributed by atoms with Crippen LogP contribution in [0.5, 0.6) is 11.5 Å². The summed E-state index contributed by atoms with van der Waals surface area (Å²) in [6, 6.07) is 9.21. The molecule has 2 aromatic rings. The van der Waals surface area contributed by atoms with Crippen LogP contribution in [0.1, 0.15) is 43.0 Å². The summed E-state index contributed by atoms with van der Waals surface area (Å²) >= 11 is 8.58. The van der Waals surface area contributed by atoms with Gasteiger partial charge in [0.05, 0.1) is 29.9 Å². The maximum Gasteiger partial charge on any atom is 0.271 e. The van der Waals surface area contributed by atoms with E-state index < -0.39 is 10.8 Å². The molecule has 0 atom stereocenters. The van der Waals surface area contributed by atoms with E-state index in [1.165, 1.54) is 25.3 Å². The first kappa shape index (κ1) is 24.5. The first-order valence-corrected chi connectivity index (χ1v) is 10.9. The van der Waals surface area contributed by atoms with Crippen LogP contribution in [0.25, 0.3) is 0 Å². The molecule has 166 valence electrons. The van der Waals surface area contributed by atoms with Crippen molar-refractivity contribution in [2.75, 3.05) is 19.0 Å². The zero-order valence-electron chi connectivity index (χ0n) is 17.3. The molecule has 0 aliphatic rings. The molecule has 0 aromatic heterocycles. The minimum Gasteiger partial charge on any atom is -0.495 e. The Kier molecular flexibility index (Phi) is 9.67. The van der Waals surface area contributed by atoms with Crippen LogP contribution in [0.3, 0.4) is 0 Å². The van der Waals surface area contributed by atoms with Crippen molar-refractivity contribution in [2.24, 2.45) is 0 Å². The molecule has 31 heavy (non-hydrogen) atoms. The number of nitrogens with zero attached hydrogens (tertiary/aromatic N) is 1. The van der Waals surface area contributed by atoms with Gasteiger partial charge in [-0.2, -0.15) is 0 Å². The Balaban J connectivity index is 2.09. The largest absolute Gasteiger partial charge is 0.495 e. The van der Waals surface area contributed by atoms with E-state index in [-0.39, 0.29) is 16.5 Å². The van der Waals surface area contributed by atoms with Gasteiger partial charge in [0.1, 0.15) is 11.5 Å². The molecule has 0 saturated carbocycles. The Bertz CT molecular complexity index is 955. The van der Waals surface area contributed by atoms with E-state index in [1.807, 2.05) is 0 Å². The summed E-state index contributed by atoms with van der Waals surface area (Å²) in [6.07, 6.45) is 4.23. The van der Waals surface area contributed by atoms with E-state index in [4.69, 9.17) is 21.7 Å². The molecule has 0 aliphatic heterocycles. The molecule has 0 radical (unpaired) electrons. The molecule has 0 unspecified atom stereocenters. The number of nitrogens with one attached hydrogen (secondary N) is 2. The fraction of sp³-hybridized carbons (Fsp3) is 0.333. The number of hydrogen-bond acceptors (Lipinski definition) is 6. The number of carbonyl (C=O) groups is 1. The maximum absolute atomic E-state index is 12.8. The van der Waals surface area contributed by atoms with Crippen LogP contribution in [-0.4, -0.2) is 29.7 Å². The monoisotopic (exact) mass is 509 g/mol. The van der Waals surface area contributed by atoms with Gasteiger partial charge < -0.3 is 14.8 Å². The van der Waals surface area contributed by atoms with Gasteiger partial charge in [0, 0.05) is 16.6 Å². The number of amides is 1. The minimum atomic E-state index is -0.530. The van der Waals surface area contributed by atoms with Gasteiger partial charge in [0.25, 0.3) is 11.6 Å². The van der Waals surface area contributed by atoms with E-state index in [2.05, 4.69) is 33.5 Å². The fourth-order valence-electron chi connectivity index (χ4n) is 2.75. The van der Waals surface area contributed by atoms with Crippen LogP contribution in [0, 0.1) is 10.1 Å². The number of halogens is 1. The molecule has 2 aromatic carbocycles. The molecule has 0 fully saturated rings. The maximum atomic E-state index is 12.8. The number of hydrogen-bond donors (Lipinski definition) is 2. The SMILES string of the molecule is CCCCCCOc1ccc(Br)cc1C(=O)NC(=S)Nc1cc([N+](=O)[O-])ccc1OC. The fourth-order valence-corrected chi connectivity index (χ4v) is 3.31. The molecule has 0 aliphatic carbocycles. The van der Waals surface area contributed by atoms with Crippen LogP contribution in [-0.2, 0) is 0 Å². The molecule has 10 heteroatoms. The molecule has 0 bridgehead atoms. The molecule has 2 N–H and O–H groups in total. The summed E-state index contributed by atoms with van der Waals surface area (Å²) in [5.41, 5.74) is 0.451. The van der Waals surface area contributed by atoms with Crippen molar-refractivity contribution in [3.63, 3.8) is 0 Å². The predicted molar refractivity (Wildman–Crippen MR) is 127 cm³/mol. The molecular formula is C21H24BrN3O5S. The standard InChI is InChI=1S/C21H24BrN3O5S/c1-3-4-5-6-11-30-18-9-7-14(22)12-16(18)20(26)24-21(31)23-17-13-15(25(27)28)8-10-19(17)29-2/h7-10,12-13H,3-6,11H2,1-2H3,(H2,23,24,26,31). The number of thiocarbonyl (C=S) groups is 1. The third-order valence-corrected chi connectivity index (χ3v) is 5.01. The highest BCUT2D eigenvalue weighted by atomic mass is 79.9. The van der Waals surface area contributed by atoms with Gasteiger partial charge in [-0.25, -0.2) is 0 Å². The van der Waals surface area contributed by atoms with Crippen molar-refractivity contribution in [1.82, 2.24) is 5.32 Å². The second-order valence-electron chi connectivity index (χ2n) is 6.60. The number of rotatable bonds is 10. The highest BCUT2D eigenvalue weighted by Crippen LogP contribution is 2.29. The Hall–Kier alpha value is -2.72. The van der Waals surface area contributed by atoms with Crippen molar-refractivity contribution < 1.29 is 19.2 Å². The molecule has 2 rings (SSSR count). The summed E-state index contributed by atoms with van der Waals surface area (Å²) in [7, 11) is 1.43. The lowest BCUT2D eigenvalue weighted by molar-refractivity contribution is -0.384. The van der Waals surface area contributed by atoms with Crippen LogP contribution in [0.2, 0.25) is 0 Å². The second kappa shape index (κ2) is 12.2. The van der Waals surface area contributed by atoms with Crippen LogP contribution in [0.15, 0.2) is 40.9 Å². The smallest absolute Gasteiger partial charge is 0.271 e. The number of benzene rings is 2. The topological polar surface area (TPSA) is 103 Å². The van der Waals surface area contributed by atoms with Crippen molar-refractivity contribution in [2.45, 2.75) is 32.6 Å². The number of nitro groups is 1. The van der Waals surface area contributed by atoms with Gasteiger partial charge in [-0.05, 0) is 42.9 Å². The van der Waals surface area contributed by atoms with Crippen molar-refractivity contribution in [3.8, 4) is 11.5 Å². The van der Waals surface area contributed by atoms with Gasteiger partial charge in [-0.3, -0.25) is 20.2 Å². The van der Waals surface area contributed by atoms with Gasteiger partial charge in [0.2, 0.25) is 0 Å². The molecule has 0 saturated heterocycles. The van der Waals surface area contributed by atoms with E-state index in [1.54, 1.807) is 18.2 Å². The first-order valence-electron chi connectivity index (χ1n) is 9.72. The summed E-state index contributed by atoms with van der Waals surface area (Å²) < 4.78 is 11.7. The van der Waals surface area contributed by atoms with E-state index in [9.17, 15) is 14.9 Å². The average Bonchev–Trinajstić information content (AvgIpc) is 2.74. The van der Waals surface area contributed by atoms with Crippen molar-refractivity contribution in [1.29, 1.82) is 0 Å². The summed E-state index contributed by atoms with van der Waals surface area (Å²) in [5, 5.41) is 16.4. The number of anilines is 1. The van der Waals surface area contributed by atoms with Crippen molar-refractivity contribution in [3.05, 3.63) is 56.5 Å². The zero-order valence-corrected chi connectivity index (χ0v) is 19.7. The Morgan fingerprint density at radius 3 is 2.58 bits per heavy atom. The lowest BCUT2D eigenvalue weighted by atomic mass is 10.2. The highest BCUT2D eigenvalue weighted by molar-refractivity contribution is 9.10. The zero-order chi connectivity index (χ0) is 22.8. The number of unbranched alkanes of at least 4 members (excludes halogenated alkanes) is 3. The van der Waals surface area contributed by atoms with Crippen LogP contribution in [0.4, 0.5) is 11.4 Å². The van der Waals surface area contributed by atoms with Crippen LogP contribution >= 0.6 is 28.1 Å². The highest BCUT2D eigenvalue weighted by Gasteiger charge is 2.17. The summed E-state index contributed by atoms with van der Waals surface area (Å²) in [6.45, 7) is 2.65. The number of nitro benzene ring substituents is 1. The minimum absolute atomic E-state index is 0.0299. The second-order valence-corrected chi connectivity index (χ2v) is 7.92. The third-order valence-electron chi connectivity index (χ3n) is 4.31. The van der Waals surface area contributed by atoms with Gasteiger partial charge in [0.15, 0.2) is 5.11 Å². The Morgan fingerprint density at radius 2 is 1.90 bits per heavy atom. The normalized spacial score (nSPS) is 10.3. The third kappa shape index (κ3) is 7.48. The average molecular weight is 510 g/mol. The molecule has 0 heterocycles. The Morgan fingerprint density at radius 1 is 1.16 bits per heavy atom. The molecular weight excluding hydrogens is 486 g/mol. The lowest BCUT2D eigenvalue weighted by Gasteiger charge is -2.15. The number of non-ortho nitro benzene ring substituents is 1. The molecule has 8 nitrogen and oxygen atoms in total. The molecule has 1 amide bonds. The number of methoxy groups -OCH3 is 1. The summed E-state index contributed by atoms with van der Waals surface area (Å²) in [5.74, 6) is 0.334. The number of carbonyl (C=O) groups excluding carboxylic acids is 1. The molecule has 0 spiro atoms. The van der Waals surface area contributed by atoms with Gasteiger partial charge in [-0.15, -0.1) is 0 Å².